The number of carbonyl (C=O) groups is 1. The van der Waals surface area contributed by atoms with Gasteiger partial charge in [-0.05, 0) is 61.3 Å². The van der Waals surface area contributed by atoms with Crippen molar-refractivity contribution in [1.82, 2.24) is 14.5 Å². The van der Waals surface area contributed by atoms with Crippen LogP contribution in [0.1, 0.15) is 26.3 Å². The molecule has 0 bridgehead atoms. The lowest BCUT2D eigenvalue weighted by molar-refractivity contribution is 0.0543. The lowest BCUT2D eigenvalue weighted by Gasteiger charge is -2.19. The van der Waals surface area contributed by atoms with Gasteiger partial charge in [-0.1, -0.05) is 0 Å². The van der Waals surface area contributed by atoms with Gasteiger partial charge in [0.15, 0.2) is 0 Å². The highest BCUT2D eigenvalue weighted by Gasteiger charge is 2.24. The third-order valence-electron chi connectivity index (χ3n) is 3.58. The van der Waals surface area contributed by atoms with Crippen LogP contribution in [0.4, 0.5) is 9.18 Å². The van der Waals surface area contributed by atoms with E-state index in [1.54, 1.807) is 52.2 Å². The van der Waals surface area contributed by atoms with Crippen molar-refractivity contribution in [2.24, 2.45) is 0 Å². The van der Waals surface area contributed by atoms with Gasteiger partial charge in [0, 0.05) is 39.6 Å². The van der Waals surface area contributed by atoms with E-state index in [9.17, 15) is 9.18 Å². The predicted molar refractivity (Wildman–Crippen MR) is 97.0 cm³/mol. The first-order valence-corrected chi connectivity index (χ1v) is 8.48. The lowest BCUT2D eigenvalue weighted by Crippen LogP contribution is -2.26. The number of halogens is 2. The second-order valence-corrected chi connectivity index (χ2v) is 7.63. The molecule has 3 aromatic rings. The SMILES string of the molecule is Cc1ccnc(F)c1-c1cn(C(=O)OC(C)(C)C)c2ncc(Br)cc12. The van der Waals surface area contributed by atoms with Gasteiger partial charge in [0.05, 0.1) is 0 Å². The Kier molecular flexibility index (Phi) is 4.36. The Bertz CT molecular complexity index is 956. The minimum atomic E-state index is -0.654. The zero-order chi connectivity index (χ0) is 18.4. The number of carbonyl (C=O) groups excluding carboxylic acids is 1. The first-order valence-electron chi connectivity index (χ1n) is 7.69. The number of aromatic nitrogens is 3. The third kappa shape index (κ3) is 3.42. The molecule has 7 heteroatoms. The summed E-state index contributed by atoms with van der Waals surface area (Å²) in [5, 5.41) is 0.634. The topological polar surface area (TPSA) is 57.0 Å². The fraction of sp³-hybridized carbons (Fsp3) is 0.278. The first-order chi connectivity index (χ1) is 11.7. The number of fused-ring (bicyclic) bond motifs is 1. The molecule has 0 atom stereocenters. The number of rotatable bonds is 1. The van der Waals surface area contributed by atoms with Gasteiger partial charge in [-0.2, -0.15) is 4.39 Å². The second-order valence-electron chi connectivity index (χ2n) is 6.71. The molecule has 3 aromatic heterocycles. The molecule has 5 nitrogen and oxygen atoms in total. The van der Waals surface area contributed by atoms with E-state index in [0.29, 0.717) is 22.2 Å². The van der Waals surface area contributed by atoms with E-state index in [0.717, 1.165) is 10.0 Å². The van der Waals surface area contributed by atoms with Crippen LogP contribution in [0.3, 0.4) is 0 Å². The maximum Gasteiger partial charge on any atom is 0.420 e. The maximum absolute atomic E-state index is 14.4. The molecule has 0 aliphatic heterocycles. The van der Waals surface area contributed by atoms with Crippen molar-refractivity contribution in [2.75, 3.05) is 0 Å². The highest BCUT2D eigenvalue weighted by atomic mass is 79.9. The van der Waals surface area contributed by atoms with Crippen LogP contribution in [-0.2, 0) is 4.74 Å². The van der Waals surface area contributed by atoms with E-state index in [4.69, 9.17) is 4.74 Å². The van der Waals surface area contributed by atoms with Gasteiger partial charge in [-0.15, -0.1) is 0 Å². The normalized spacial score (nSPS) is 11.8. The van der Waals surface area contributed by atoms with Gasteiger partial charge in [-0.3, -0.25) is 0 Å². The Balaban J connectivity index is 2.27. The summed E-state index contributed by atoms with van der Waals surface area (Å²) in [4.78, 5) is 20.6. The fourth-order valence-corrected chi connectivity index (χ4v) is 2.91. The summed E-state index contributed by atoms with van der Waals surface area (Å²) < 4.78 is 21.8. The molecule has 0 aromatic carbocycles. The average molecular weight is 406 g/mol. The summed E-state index contributed by atoms with van der Waals surface area (Å²) in [6.07, 6.45) is 3.97. The monoisotopic (exact) mass is 405 g/mol. The highest BCUT2D eigenvalue weighted by molar-refractivity contribution is 9.10. The van der Waals surface area contributed by atoms with Crippen molar-refractivity contribution in [1.29, 1.82) is 0 Å². The largest absolute Gasteiger partial charge is 0.443 e. The Morgan fingerprint density at radius 3 is 2.68 bits per heavy atom. The van der Waals surface area contributed by atoms with Gasteiger partial charge in [0.25, 0.3) is 0 Å². The standard InChI is InChI=1S/C18H17BrFN3O2/c1-10-5-6-21-15(20)14(10)13-9-23(17(24)25-18(2,3)4)16-12(13)7-11(19)8-22-16/h5-9H,1-4H3. The number of ether oxygens (including phenoxy) is 1. The summed E-state index contributed by atoms with van der Waals surface area (Å²) in [5.41, 5.74) is 1.34. The van der Waals surface area contributed by atoms with Gasteiger partial charge >= 0.3 is 6.09 Å². The summed E-state index contributed by atoms with van der Waals surface area (Å²) in [5.74, 6) is -0.594. The molecule has 0 saturated heterocycles. The van der Waals surface area contributed by atoms with E-state index in [1.165, 1.54) is 10.8 Å². The number of nitrogens with zero attached hydrogens (tertiary/aromatic N) is 3. The van der Waals surface area contributed by atoms with E-state index in [1.807, 2.05) is 0 Å². The van der Waals surface area contributed by atoms with Crippen molar-refractivity contribution >= 4 is 33.1 Å². The zero-order valence-electron chi connectivity index (χ0n) is 14.3. The second kappa shape index (κ2) is 6.22. The Hall–Kier alpha value is -2.28. The molecule has 3 heterocycles. The Morgan fingerprint density at radius 2 is 2.04 bits per heavy atom. The minimum Gasteiger partial charge on any atom is -0.443 e. The zero-order valence-corrected chi connectivity index (χ0v) is 15.9. The van der Waals surface area contributed by atoms with Crippen LogP contribution in [0, 0.1) is 12.9 Å². The van der Waals surface area contributed by atoms with Gasteiger partial charge < -0.3 is 4.74 Å². The quantitative estimate of drug-likeness (QED) is 0.528. The smallest absolute Gasteiger partial charge is 0.420 e. The molecular weight excluding hydrogens is 389 g/mol. The van der Waals surface area contributed by atoms with Crippen molar-refractivity contribution in [2.45, 2.75) is 33.3 Å². The van der Waals surface area contributed by atoms with Crippen LogP contribution < -0.4 is 0 Å². The number of aryl methyl sites for hydroxylation is 1. The molecule has 0 fully saturated rings. The third-order valence-corrected chi connectivity index (χ3v) is 4.02. The van der Waals surface area contributed by atoms with E-state index in [2.05, 4.69) is 25.9 Å². The molecule has 0 amide bonds. The molecule has 0 saturated carbocycles. The summed E-state index contributed by atoms with van der Waals surface area (Å²) in [6.45, 7) is 7.15. The molecular formula is C18H17BrFN3O2. The molecule has 0 spiro atoms. The fourth-order valence-electron chi connectivity index (χ4n) is 2.58. The highest BCUT2D eigenvalue weighted by Crippen LogP contribution is 2.34. The minimum absolute atomic E-state index is 0.342. The molecule has 25 heavy (non-hydrogen) atoms. The van der Waals surface area contributed by atoms with Crippen molar-refractivity contribution < 1.29 is 13.9 Å². The van der Waals surface area contributed by atoms with Crippen molar-refractivity contribution in [3.63, 3.8) is 0 Å². The van der Waals surface area contributed by atoms with Crippen LogP contribution in [-0.4, -0.2) is 26.2 Å². The van der Waals surface area contributed by atoms with Gasteiger partial charge in [0.2, 0.25) is 5.95 Å². The number of hydrogen-bond donors (Lipinski definition) is 0. The molecule has 0 aliphatic carbocycles. The van der Waals surface area contributed by atoms with E-state index >= 15 is 0 Å². The lowest BCUT2D eigenvalue weighted by atomic mass is 10.0. The van der Waals surface area contributed by atoms with E-state index < -0.39 is 17.6 Å². The van der Waals surface area contributed by atoms with E-state index in [-0.39, 0.29) is 0 Å². The Labute approximate surface area is 153 Å². The van der Waals surface area contributed by atoms with Crippen LogP contribution in [0.25, 0.3) is 22.2 Å². The maximum atomic E-state index is 14.4. The van der Waals surface area contributed by atoms with Crippen LogP contribution in [0.15, 0.2) is 35.2 Å². The summed E-state index contributed by atoms with van der Waals surface area (Å²) in [7, 11) is 0. The van der Waals surface area contributed by atoms with Gasteiger partial charge in [-0.25, -0.2) is 19.3 Å². The number of pyridine rings is 2. The molecule has 0 aliphatic rings. The van der Waals surface area contributed by atoms with Crippen molar-refractivity contribution in [3.8, 4) is 11.1 Å². The first kappa shape index (κ1) is 17.5. The van der Waals surface area contributed by atoms with Crippen molar-refractivity contribution in [3.05, 3.63) is 46.7 Å². The summed E-state index contributed by atoms with van der Waals surface area (Å²) >= 11 is 3.37. The molecule has 0 N–H and O–H groups in total. The van der Waals surface area contributed by atoms with Gasteiger partial charge in [0.1, 0.15) is 11.2 Å². The molecule has 3 rings (SSSR count). The molecule has 0 radical (unpaired) electrons. The average Bonchev–Trinajstić information content (AvgIpc) is 2.84. The van der Waals surface area contributed by atoms with Crippen LogP contribution in [0.2, 0.25) is 0 Å². The molecule has 130 valence electrons. The summed E-state index contributed by atoms with van der Waals surface area (Å²) in [6, 6.07) is 3.52. The van der Waals surface area contributed by atoms with Crippen LogP contribution >= 0.6 is 15.9 Å². The Morgan fingerprint density at radius 1 is 1.32 bits per heavy atom. The molecule has 0 unspecified atom stereocenters. The number of hydrogen-bond acceptors (Lipinski definition) is 4. The van der Waals surface area contributed by atoms with Crippen LogP contribution in [0.5, 0.6) is 0 Å². The predicted octanol–water partition coefficient (Wildman–Crippen LogP) is 5.09.